The van der Waals surface area contributed by atoms with Gasteiger partial charge in [0, 0.05) is 11.5 Å². The molecule has 1 aliphatic heterocycles. The number of carbonyl (C=O) groups excluding carboxylic acids is 3. The molecule has 7 heteroatoms. The van der Waals surface area contributed by atoms with Gasteiger partial charge in [-0.05, 0) is 42.6 Å². The predicted molar refractivity (Wildman–Crippen MR) is 97.7 cm³/mol. The molecular formula is C21H27NO6. The number of Topliss-reactive ketones (excluding diaryl/α,β-unsaturated/α-hetero) is 1. The second-order valence-corrected chi connectivity index (χ2v) is 9.04. The molecule has 0 amide bonds. The van der Waals surface area contributed by atoms with Crippen LogP contribution < -0.4 is 5.73 Å². The van der Waals surface area contributed by atoms with Gasteiger partial charge in [0.2, 0.25) is 0 Å². The summed E-state index contributed by atoms with van der Waals surface area (Å²) in [5, 5.41) is 0. The van der Waals surface area contributed by atoms with Crippen LogP contribution in [0.1, 0.15) is 51.2 Å². The van der Waals surface area contributed by atoms with Crippen molar-refractivity contribution in [2.75, 3.05) is 7.11 Å². The summed E-state index contributed by atoms with van der Waals surface area (Å²) in [6, 6.07) is 1.04. The first kappa shape index (κ1) is 19.2. The van der Waals surface area contributed by atoms with E-state index in [0.717, 1.165) is 5.56 Å². The number of ketones is 1. The highest BCUT2D eigenvalue weighted by Gasteiger charge is 2.66. The highest BCUT2D eigenvalue weighted by molar-refractivity contribution is 5.92. The summed E-state index contributed by atoms with van der Waals surface area (Å²) in [7, 11) is 1.36. The summed E-state index contributed by atoms with van der Waals surface area (Å²) < 4.78 is 15.9. The Bertz CT molecular complexity index is 804. The lowest BCUT2D eigenvalue weighted by Crippen LogP contribution is -2.65. The van der Waals surface area contributed by atoms with E-state index < -0.39 is 34.8 Å². The topological polar surface area (TPSA) is 109 Å². The normalized spacial score (nSPS) is 42.9. The van der Waals surface area contributed by atoms with Crippen LogP contribution in [0.3, 0.4) is 0 Å². The summed E-state index contributed by atoms with van der Waals surface area (Å²) >= 11 is 0. The molecule has 4 rings (SSSR count). The zero-order valence-corrected chi connectivity index (χ0v) is 16.5. The van der Waals surface area contributed by atoms with Crippen LogP contribution in [-0.2, 0) is 23.9 Å². The molecule has 2 saturated carbocycles. The maximum Gasteiger partial charge on any atom is 0.310 e. The molecule has 0 radical (unpaired) electrons. The van der Waals surface area contributed by atoms with Gasteiger partial charge in [-0.1, -0.05) is 13.8 Å². The fourth-order valence-electron chi connectivity index (χ4n) is 6.23. The molecule has 1 aromatic rings. The minimum absolute atomic E-state index is 0.0597. The molecule has 3 aliphatic rings. The van der Waals surface area contributed by atoms with Crippen molar-refractivity contribution in [3.63, 3.8) is 0 Å². The van der Waals surface area contributed by atoms with Crippen molar-refractivity contribution in [3.05, 3.63) is 24.2 Å². The number of carbonyl (C=O) groups is 3. The molecule has 2 N–H and O–H groups in total. The molecule has 0 unspecified atom stereocenters. The van der Waals surface area contributed by atoms with Gasteiger partial charge in [0.25, 0.3) is 0 Å². The number of ether oxygens (including phenoxy) is 2. The average molecular weight is 389 g/mol. The fraction of sp³-hybridized carbons (Fsp3) is 0.667. The van der Waals surface area contributed by atoms with E-state index in [1.807, 2.05) is 13.8 Å². The third-order valence-electron chi connectivity index (χ3n) is 7.59. The minimum Gasteiger partial charge on any atom is -0.472 e. The van der Waals surface area contributed by atoms with Gasteiger partial charge in [0.05, 0.1) is 37.5 Å². The van der Waals surface area contributed by atoms with E-state index in [4.69, 9.17) is 19.6 Å². The Balaban J connectivity index is 1.79. The van der Waals surface area contributed by atoms with E-state index in [-0.39, 0.29) is 30.1 Å². The van der Waals surface area contributed by atoms with Crippen LogP contribution in [0.2, 0.25) is 0 Å². The van der Waals surface area contributed by atoms with E-state index >= 15 is 0 Å². The van der Waals surface area contributed by atoms with Crippen LogP contribution in [0.25, 0.3) is 0 Å². The lowest BCUT2D eigenvalue weighted by Gasteiger charge is -2.61. The van der Waals surface area contributed by atoms with Crippen molar-refractivity contribution < 1.29 is 28.3 Å². The van der Waals surface area contributed by atoms with E-state index in [2.05, 4.69) is 0 Å². The van der Waals surface area contributed by atoms with Crippen LogP contribution in [-0.4, -0.2) is 30.9 Å². The summed E-state index contributed by atoms with van der Waals surface area (Å²) in [5.74, 6) is -2.03. The molecule has 1 aromatic heterocycles. The second kappa shape index (κ2) is 6.44. The van der Waals surface area contributed by atoms with Crippen molar-refractivity contribution in [3.8, 4) is 0 Å². The predicted octanol–water partition coefficient (Wildman–Crippen LogP) is 2.40. The Labute approximate surface area is 163 Å². The summed E-state index contributed by atoms with van der Waals surface area (Å²) in [5.41, 5.74) is 5.72. The van der Waals surface area contributed by atoms with Crippen LogP contribution in [0.5, 0.6) is 0 Å². The molecule has 0 aromatic carbocycles. The first-order chi connectivity index (χ1) is 13.2. The Hall–Kier alpha value is -2.15. The van der Waals surface area contributed by atoms with Crippen LogP contribution in [0, 0.1) is 28.6 Å². The van der Waals surface area contributed by atoms with Gasteiger partial charge in [-0.2, -0.15) is 0 Å². The number of esters is 2. The number of cyclic esters (lactones) is 1. The summed E-state index contributed by atoms with van der Waals surface area (Å²) in [6.45, 7) is 3.97. The highest BCUT2D eigenvalue weighted by Crippen LogP contribution is 2.64. The molecule has 152 valence electrons. The first-order valence-electron chi connectivity index (χ1n) is 9.82. The van der Waals surface area contributed by atoms with Gasteiger partial charge in [-0.15, -0.1) is 0 Å². The number of nitrogens with two attached hydrogens (primary N) is 1. The molecule has 7 nitrogen and oxygen atoms in total. The molecule has 28 heavy (non-hydrogen) atoms. The number of furan rings is 1. The van der Waals surface area contributed by atoms with Crippen LogP contribution >= 0.6 is 0 Å². The molecule has 2 aliphatic carbocycles. The van der Waals surface area contributed by atoms with Gasteiger partial charge in [-0.25, -0.2) is 0 Å². The van der Waals surface area contributed by atoms with Crippen molar-refractivity contribution >= 4 is 17.7 Å². The SMILES string of the molecule is COC(=O)[C@@H]1C[C@@H](N)C(=O)[C@H]2[C@@]1(C)CC[C@H]1C(=O)O[C@H](c3ccoc3)C[C@]21C. The van der Waals surface area contributed by atoms with Crippen LogP contribution in [0.15, 0.2) is 23.0 Å². The maximum atomic E-state index is 13.3. The third kappa shape index (κ3) is 2.55. The van der Waals surface area contributed by atoms with E-state index in [1.54, 1.807) is 12.3 Å². The number of rotatable bonds is 2. The van der Waals surface area contributed by atoms with Crippen molar-refractivity contribution in [1.29, 1.82) is 0 Å². The second-order valence-electron chi connectivity index (χ2n) is 9.04. The maximum absolute atomic E-state index is 13.3. The van der Waals surface area contributed by atoms with E-state index in [9.17, 15) is 14.4 Å². The van der Waals surface area contributed by atoms with Gasteiger partial charge >= 0.3 is 11.9 Å². The molecule has 0 bridgehead atoms. The Kier molecular flexibility index (Phi) is 4.41. The van der Waals surface area contributed by atoms with Gasteiger partial charge in [0.1, 0.15) is 6.10 Å². The number of methoxy groups -OCH3 is 1. The van der Waals surface area contributed by atoms with E-state index in [0.29, 0.717) is 19.3 Å². The Morgan fingerprint density at radius 1 is 1.29 bits per heavy atom. The number of hydrogen-bond acceptors (Lipinski definition) is 7. The minimum atomic E-state index is -0.733. The third-order valence-corrected chi connectivity index (χ3v) is 7.59. The molecule has 3 fully saturated rings. The van der Waals surface area contributed by atoms with Crippen molar-refractivity contribution in [2.45, 2.75) is 51.7 Å². The summed E-state index contributed by atoms with van der Waals surface area (Å²) in [6.07, 6.45) is 4.58. The van der Waals surface area contributed by atoms with E-state index in [1.165, 1.54) is 13.4 Å². The fourth-order valence-corrected chi connectivity index (χ4v) is 6.23. The average Bonchev–Trinajstić information content (AvgIpc) is 3.18. The number of hydrogen-bond donors (Lipinski definition) is 1. The van der Waals surface area contributed by atoms with Gasteiger partial charge < -0.3 is 19.6 Å². The molecule has 1 saturated heterocycles. The molecular weight excluding hydrogens is 362 g/mol. The van der Waals surface area contributed by atoms with Crippen LogP contribution in [0.4, 0.5) is 0 Å². The zero-order chi connectivity index (χ0) is 20.3. The lowest BCUT2D eigenvalue weighted by atomic mass is 9.43. The molecule has 7 atom stereocenters. The highest BCUT2D eigenvalue weighted by atomic mass is 16.5. The van der Waals surface area contributed by atoms with Gasteiger partial charge in [0.15, 0.2) is 5.78 Å². The molecule has 2 heterocycles. The largest absolute Gasteiger partial charge is 0.472 e. The monoisotopic (exact) mass is 389 g/mol. The molecule has 0 spiro atoms. The van der Waals surface area contributed by atoms with Crippen molar-refractivity contribution in [1.82, 2.24) is 0 Å². The van der Waals surface area contributed by atoms with Gasteiger partial charge in [-0.3, -0.25) is 14.4 Å². The zero-order valence-electron chi connectivity index (χ0n) is 16.5. The number of fused-ring (bicyclic) bond motifs is 3. The first-order valence-corrected chi connectivity index (χ1v) is 9.82. The lowest BCUT2D eigenvalue weighted by molar-refractivity contribution is -0.203. The van der Waals surface area contributed by atoms with Crippen molar-refractivity contribution in [2.24, 2.45) is 34.3 Å². The Morgan fingerprint density at radius 3 is 2.68 bits per heavy atom. The Morgan fingerprint density at radius 2 is 2.04 bits per heavy atom. The standard InChI is InChI=1S/C21H27NO6/c1-20-6-4-12-19(25)28-15(11-5-7-27-10-11)9-21(12,2)17(20)16(23)14(22)8-13(20)18(24)26-3/h5,7,10,12-15,17H,4,6,8-9,22H2,1-3H3/t12-,13-,14+,15-,17-,20-,21-/m0/s1. The smallest absolute Gasteiger partial charge is 0.310 e. The quantitative estimate of drug-likeness (QED) is 0.774. The summed E-state index contributed by atoms with van der Waals surface area (Å²) in [4.78, 5) is 38.8.